The minimum Gasteiger partial charge on any atom is -1.00 e. The van der Waals surface area contributed by atoms with Crippen LogP contribution in [0.2, 0.25) is 0 Å². The Labute approximate surface area is 385 Å². The summed E-state index contributed by atoms with van der Waals surface area (Å²) in [6.07, 6.45) is 3.62. The molecule has 8 aromatic rings. The number of unbranched alkanes of at least 4 members (excludes halogenated alkanes) is 2. The second-order valence-electron chi connectivity index (χ2n) is 16.9. The molecule has 1 heterocycles. The molecule has 0 N–H and O–H groups in total. The standard InChI is InChI=1S/C54H40F10N.BrH/c1-3-5-23-65(24-6-4-2)27-39-37(29-15-19-31(20-16-29)41-45(55)49(59)53(63)50(60)46(41)56)25-33-11-7-9-13-35(33)43(39)44-36-14-10-8-12-34(36)26-38(40(44)28-65)30-17-21-32(22-18-30)42-47(57)51(61)54(64)52(62)48(42)58;/h7-22,25-26H,3-6,23-24,27-28H2,1-2H3;1H/q+1;/p-1. The number of halogens is 11. The van der Waals surface area contributed by atoms with Gasteiger partial charge in [-0.15, -0.1) is 0 Å². The number of quaternary nitrogens is 1. The van der Waals surface area contributed by atoms with Crippen LogP contribution in [0, 0.1) is 58.2 Å². The molecule has 0 unspecified atom stereocenters. The maximum atomic E-state index is 15.0. The number of benzene rings is 8. The van der Waals surface area contributed by atoms with Crippen molar-refractivity contribution in [2.24, 2.45) is 0 Å². The van der Waals surface area contributed by atoms with Gasteiger partial charge in [-0.3, -0.25) is 0 Å². The first-order valence-corrected chi connectivity index (χ1v) is 21.5. The van der Waals surface area contributed by atoms with Crippen molar-refractivity contribution < 1.29 is 65.4 Å². The average Bonchev–Trinajstić information content (AvgIpc) is 3.48. The Balaban J connectivity index is 0.00000592. The lowest BCUT2D eigenvalue weighted by molar-refractivity contribution is -0.953. The van der Waals surface area contributed by atoms with Crippen molar-refractivity contribution in [3.8, 4) is 55.6 Å². The van der Waals surface area contributed by atoms with Gasteiger partial charge in [0.05, 0.1) is 24.2 Å². The molecule has 0 aromatic heterocycles. The van der Waals surface area contributed by atoms with Crippen molar-refractivity contribution in [3.63, 3.8) is 0 Å². The van der Waals surface area contributed by atoms with Crippen molar-refractivity contribution in [3.05, 3.63) is 178 Å². The summed E-state index contributed by atoms with van der Waals surface area (Å²) in [5, 5.41) is 3.69. The lowest BCUT2D eigenvalue weighted by Crippen LogP contribution is -3.00. The molecule has 0 amide bonds. The summed E-state index contributed by atoms with van der Waals surface area (Å²) >= 11 is 0. The number of hydrogen-bond donors (Lipinski definition) is 0. The van der Waals surface area contributed by atoms with E-state index in [0.29, 0.717) is 28.7 Å². The number of nitrogens with zero attached hydrogens (tertiary/aromatic N) is 1. The third-order valence-corrected chi connectivity index (χ3v) is 12.9. The van der Waals surface area contributed by atoms with E-state index in [1.807, 2.05) is 36.4 Å². The predicted molar refractivity (Wildman–Crippen MR) is 235 cm³/mol. The number of fused-ring (bicyclic) bond motifs is 7. The summed E-state index contributed by atoms with van der Waals surface area (Å²) in [6.45, 7) is 6.99. The smallest absolute Gasteiger partial charge is 0.200 e. The molecule has 1 aliphatic heterocycles. The van der Waals surface area contributed by atoms with Crippen LogP contribution in [0.5, 0.6) is 0 Å². The van der Waals surface area contributed by atoms with Crippen molar-refractivity contribution >= 4 is 21.5 Å². The molecule has 9 rings (SSSR count). The second kappa shape index (κ2) is 18.4. The van der Waals surface area contributed by atoms with Crippen molar-refractivity contribution in [1.82, 2.24) is 0 Å². The maximum Gasteiger partial charge on any atom is 0.200 e. The third-order valence-electron chi connectivity index (χ3n) is 12.9. The minimum atomic E-state index is -2.23. The monoisotopic (exact) mass is 971 g/mol. The van der Waals surface area contributed by atoms with Crippen LogP contribution in [-0.4, -0.2) is 17.6 Å². The van der Waals surface area contributed by atoms with Gasteiger partial charge in [-0.2, -0.15) is 0 Å². The Kier molecular flexibility index (Phi) is 12.9. The topological polar surface area (TPSA) is 0 Å². The fourth-order valence-corrected chi connectivity index (χ4v) is 9.69. The average molecular weight is 973 g/mol. The van der Waals surface area contributed by atoms with E-state index >= 15 is 17.6 Å². The highest BCUT2D eigenvalue weighted by Crippen LogP contribution is 2.50. The van der Waals surface area contributed by atoms with Crippen LogP contribution in [0.15, 0.2) is 109 Å². The zero-order valence-electron chi connectivity index (χ0n) is 35.7. The van der Waals surface area contributed by atoms with Crippen LogP contribution in [-0.2, 0) is 13.1 Å². The predicted octanol–water partition coefficient (Wildman–Crippen LogP) is 13.2. The highest BCUT2D eigenvalue weighted by molar-refractivity contribution is 6.12. The van der Waals surface area contributed by atoms with Crippen molar-refractivity contribution in [2.75, 3.05) is 13.1 Å². The third kappa shape index (κ3) is 7.75. The van der Waals surface area contributed by atoms with Crippen LogP contribution >= 0.6 is 0 Å². The Hall–Kier alpha value is -5.98. The van der Waals surface area contributed by atoms with Gasteiger partial charge in [0.2, 0.25) is 11.6 Å². The SMILES string of the molecule is CCCC[N+]1(CCCC)Cc2c(-c3ccc(-c4c(F)c(F)c(F)c(F)c4F)cc3)cc3ccccc3c2-c2c(c(-c3ccc(-c4c(F)c(F)c(F)c(F)c4F)cc3)cc3ccccc23)C1.[Br-]. The van der Waals surface area contributed by atoms with Gasteiger partial charge in [0.25, 0.3) is 0 Å². The van der Waals surface area contributed by atoms with Crippen LogP contribution in [0.1, 0.15) is 50.7 Å². The molecule has 0 atom stereocenters. The molecule has 66 heavy (non-hydrogen) atoms. The lowest BCUT2D eigenvalue weighted by Gasteiger charge is -2.39. The summed E-state index contributed by atoms with van der Waals surface area (Å²) in [7, 11) is 0. The van der Waals surface area contributed by atoms with Gasteiger partial charge < -0.3 is 21.5 Å². The van der Waals surface area contributed by atoms with E-state index in [9.17, 15) is 26.3 Å². The molecule has 0 radical (unpaired) electrons. The van der Waals surface area contributed by atoms with Crippen LogP contribution in [0.4, 0.5) is 43.9 Å². The fourth-order valence-electron chi connectivity index (χ4n) is 9.69. The Morgan fingerprint density at radius 3 is 1.02 bits per heavy atom. The molecule has 0 saturated carbocycles. The molecule has 8 aromatic carbocycles. The maximum absolute atomic E-state index is 15.0. The van der Waals surface area contributed by atoms with Gasteiger partial charge in [0.1, 0.15) is 13.1 Å². The highest BCUT2D eigenvalue weighted by Gasteiger charge is 2.38. The molecule has 0 spiro atoms. The highest BCUT2D eigenvalue weighted by atomic mass is 79.9. The quantitative estimate of drug-likeness (QED) is 0.0554. The lowest BCUT2D eigenvalue weighted by atomic mass is 9.82. The zero-order valence-corrected chi connectivity index (χ0v) is 37.2. The molecule has 0 fully saturated rings. The molecule has 0 aliphatic carbocycles. The molecule has 12 heteroatoms. The van der Waals surface area contributed by atoms with E-state index in [2.05, 4.69) is 38.1 Å². The van der Waals surface area contributed by atoms with Crippen molar-refractivity contribution in [2.45, 2.75) is 52.6 Å². The molecule has 338 valence electrons. The summed E-state index contributed by atoms with van der Waals surface area (Å²) in [6, 6.07) is 32.0. The van der Waals surface area contributed by atoms with E-state index < -0.39 is 69.3 Å². The molecule has 1 aliphatic rings. The Morgan fingerprint density at radius 2 is 0.682 bits per heavy atom. The summed E-state index contributed by atoms with van der Waals surface area (Å²) < 4.78 is 146. The van der Waals surface area contributed by atoms with Gasteiger partial charge in [0, 0.05) is 22.3 Å². The first-order chi connectivity index (χ1) is 31.3. The zero-order chi connectivity index (χ0) is 45.9. The van der Waals surface area contributed by atoms with Crippen LogP contribution in [0.25, 0.3) is 77.2 Å². The largest absolute Gasteiger partial charge is 1.00 e. The van der Waals surface area contributed by atoms with Gasteiger partial charge in [0.15, 0.2) is 46.5 Å². The van der Waals surface area contributed by atoms with Gasteiger partial charge in [-0.1, -0.05) is 124 Å². The minimum absolute atomic E-state index is 0. The van der Waals surface area contributed by atoms with E-state index in [1.165, 1.54) is 24.3 Å². The normalized spacial score (nSPS) is 13.1. The van der Waals surface area contributed by atoms with Crippen LogP contribution < -0.4 is 17.0 Å². The molecule has 1 nitrogen and oxygen atoms in total. The molecular weight excluding hydrogens is 932 g/mol. The molecular formula is C54H40BrF10N. The van der Waals surface area contributed by atoms with E-state index in [1.54, 1.807) is 24.3 Å². The first kappa shape index (κ1) is 46.5. The van der Waals surface area contributed by atoms with E-state index in [4.69, 9.17) is 0 Å². The fraction of sp³-hybridized carbons (Fsp3) is 0.185. The van der Waals surface area contributed by atoms with E-state index in [0.717, 1.165) is 93.7 Å². The number of rotatable bonds is 10. The van der Waals surface area contributed by atoms with Gasteiger partial charge in [-0.25, -0.2) is 43.9 Å². The Bertz CT molecular complexity index is 2910. The summed E-state index contributed by atoms with van der Waals surface area (Å²) in [5.41, 5.74) is 4.50. The van der Waals surface area contributed by atoms with Crippen LogP contribution in [0.3, 0.4) is 0 Å². The second-order valence-corrected chi connectivity index (χ2v) is 16.9. The van der Waals surface area contributed by atoms with Gasteiger partial charge >= 0.3 is 0 Å². The molecule has 0 saturated heterocycles. The Morgan fingerprint density at radius 1 is 0.379 bits per heavy atom. The first-order valence-electron chi connectivity index (χ1n) is 21.5. The summed E-state index contributed by atoms with van der Waals surface area (Å²) in [5.74, 6) is -20.3. The molecule has 0 bridgehead atoms. The van der Waals surface area contributed by atoms with Gasteiger partial charge in [-0.05, 0) is 79.9 Å². The number of hydrogen-bond acceptors (Lipinski definition) is 0. The summed E-state index contributed by atoms with van der Waals surface area (Å²) in [4.78, 5) is 0. The van der Waals surface area contributed by atoms with Crippen molar-refractivity contribution in [1.29, 1.82) is 0 Å². The van der Waals surface area contributed by atoms with E-state index in [-0.39, 0.29) is 28.1 Å².